The van der Waals surface area contributed by atoms with E-state index in [1.54, 1.807) is 13.0 Å². The largest absolute Gasteiger partial charge is 0.481 e. The average Bonchev–Trinajstić information content (AvgIpc) is 2.49. The van der Waals surface area contributed by atoms with Gasteiger partial charge >= 0.3 is 11.9 Å². The molecule has 0 heterocycles. The molecule has 1 saturated carbocycles. The highest BCUT2D eigenvalue weighted by molar-refractivity contribution is 5.97. The Balaban J connectivity index is 2.19. The van der Waals surface area contributed by atoms with Crippen molar-refractivity contribution in [3.05, 3.63) is 29.3 Å². The van der Waals surface area contributed by atoms with Gasteiger partial charge in [-0.2, -0.15) is 0 Å². The topological polar surface area (TPSA) is 104 Å². The zero-order chi connectivity index (χ0) is 16.3. The summed E-state index contributed by atoms with van der Waals surface area (Å²) in [4.78, 5) is 34.7. The third kappa shape index (κ3) is 3.44. The van der Waals surface area contributed by atoms with Crippen LogP contribution in [0.2, 0.25) is 0 Å². The number of hydrogen-bond donors (Lipinski definition) is 3. The number of carbonyl (C=O) groups is 3. The first-order valence-corrected chi connectivity index (χ1v) is 7.27. The highest BCUT2D eigenvalue weighted by Gasteiger charge is 2.35. The molecule has 22 heavy (non-hydrogen) atoms. The van der Waals surface area contributed by atoms with E-state index in [-0.39, 0.29) is 11.5 Å². The Morgan fingerprint density at radius 1 is 1.09 bits per heavy atom. The Morgan fingerprint density at radius 3 is 2.32 bits per heavy atom. The Labute approximate surface area is 128 Å². The first-order chi connectivity index (χ1) is 10.4. The number of carboxylic acids is 2. The zero-order valence-electron chi connectivity index (χ0n) is 12.3. The van der Waals surface area contributed by atoms with Crippen molar-refractivity contribution >= 4 is 23.5 Å². The number of aromatic carboxylic acids is 1. The molecular weight excluding hydrogens is 286 g/mol. The number of anilines is 1. The van der Waals surface area contributed by atoms with Crippen LogP contribution in [0, 0.1) is 18.8 Å². The summed E-state index contributed by atoms with van der Waals surface area (Å²) in [6.07, 6.45) is 2.69. The molecule has 1 aliphatic carbocycles. The smallest absolute Gasteiger partial charge is 0.335 e. The summed E-state index contributed by atoms with van der Waals surface area (Å²) in [7, 11) is 0. The minimum atomic E-state index is -1.07. The molecule has 0 aliphatic heterocycles. The summed E-state index contributed by atoms with van der Waals surface area (Å²) in [6.45, 7) is 1.76. The lowest BCUT2D eigenvalue weighted by Gasteiger charge is -2.27. The highest BCUT2D eigenvalue weighted by atomic mass is 16.4. The van der Waals surface area contributed by atoms with Gasteiger partial charge in [0.1, 0.15) is 0 Å². The summed E-state index contributed by atoms with van der Waals surface area (Å²) < 4.78 is 0. The van der Waals surface area contributed by atoms with E-state index in [4.69, 9.17) is 5.11 Å². The molecule has 6 nitrogen and oxygen atoms in total. The van der Waals surface area contributed by atoms with Crippen molar-refractivity contribution in [2.24, 2.45) is 11.8 Å². The van der Waals surface area contributed by atoms with E-state index in [0.29, 0.717) is 18.5 Å². The molecule has 1 fully saturated rings. The van der Waals surface area contributed by atoms with Gasteiger partial charge < -0.3 is 15.5 Å². The third-order valence-corrected chi connectivity index (χ3v) is 4.16. The molecule has 118 valence electrons. The number of carboxylic acid groups (broad SMARTS) is 2. The van der Waals surface area contributed by atoms with Crippen molar-refractivity contribution in [2.45, 2.75) is 32.6 Å². The monoisotopic (exact) mass is 305 g/mol. The summed E-state index contributed by atoms with van der Waals surface area (Å²) in [6, 6.07) is 4.48. The van der Waals surface area contributed by atoms with Crippen LogP contribution in [0.25, 0.3) is 0 Å². The second-order valence-corrected chi connectivity index (χ2v) is 5.66. The van der Waals surface area contributed by atoms with E-state index in [0.717, 1.165) is 18.4 Å². The Hall–Kier alpha value is -2.37. The SMILES string of the molecule is Cc1ccc(C(=O)O)cc1NC(=O)[C@H]1CCCC[C@H]1C(=O)O. The van der Waals surface area contributed by atoms with Crippen LogP contribution < -0.4 is 5.32 Å². The van der Waals surface area contributed by atoms with Gasteiger partial charge in [0.05, 0.1) is 17.4 Å². The molecule has 0 unspecified atom stereocenters. The first kappa shape index (κ1) is 16.0. The van der Waals surface area contributed by atoms with E-state index >= 15 is 0 Å². The summed E-state index contributed by atoms with van der Waals surface area (Å²) >= 11 is 0. The number of carbonyl (C=O) groups excluding carboxylic acids is 1. The molecule has 1 aliphatic rings. The molecule has 0 saturated heterocycles. The molecule has 0 bridgehead atoms. The van der Waals surface area contributed by atoms with Crippen molar-refractivity contribution in [3.63, 3.8) is 0 Å². The van der Waals surface area contributed by atoms with Gasteiger partial charge in [-0.05, 0) is 37.5 Å². The van der Waals surface area contributed by atoms with Crippen LogP contribution in [-0.4, -0.2) is 28.1 Å². The van der Waals surface area contributed by atoms with E-state index in [2.05, 4.69) is 5.32 Å². The fourth-order valence-electron chi connectivity index (χ4n) is 2.86. The quantitative estimate of drug-likeness (QED) is 0.793. The molecule has 0 aromatic heterocycles. The summed E-state index contributed by atoms with van der Waals surface area (Å²) in [5.41, 5.74) is 1.24. The van der Waals surface area contributed by atoms with E-state index in [9.17, 15) is 19.5 Å². The molecule has 6 heteroatoms. The summed E-state index contributed by atoms with van der Waals surface area (Å²) in [5.74, 6) is -3.61. The van der Waals surface area contributed by atoms with Gasteiger partial charge in [0.15, 0.2) is 0 Å². The minimum absolute atomic E-state index is 0.0827. The van der Waals surface area contributed by atoms with Gasteiger partial charge in [-0.15, -0.1) is 0 Å². The van der Waals surface area contributed by atoms with Crippen molar-refractivity contribution in [3.8, 4) is 0 Å². The lowest BCUT2D eigenvalue weighted by atomic mass is 9.78. The van der Waals surface area contributed by atoms with E-state index in [1.807, 2.05) is 0 Å². The Kier molecular flexibility index (Phi) is 4.80. The number of nitrogens with one attached hydrogen (secondary N) is 1. The van der Waals surface area contributed by atoms with Gasteiger partial charge in [0.2, 0.25) is 5.91 Å². The number of hydrogen-bond acceptors (Lipinski definition) is 3. The van der Waals surface area contributed by atoms with Crippen LogP contribution in [0.1, 0.15) is 41.6 Å². The van der Waals surface area contributed by atoms with Crippen molar-refractivity contribution < 1.29 is 24.6 Å². The second kappa shape index (κ2) is 6.60. The molecule has 0 radical (unpaired) electrons. The number of aliphatic carboxylic acids is 1. The predicted octanol–water partition coefficient (Wildman–Crippen LogP) is 2.52. The van der Waals surface area contributed by atoms with Crippen LogP contribution >= 0.6 is 0 Å². The van der Waals surface area contributed by atoms with Gasteiger partial charge in [-0.3, -0.25) is 9.59 Å². The molecule has 1 aromatic carbocycles. The maximum Gasteiger partial charge on any atom is 0.335 e. The van der Waals surface area contributed by atoms with Crippen molar-refractivity contribution in [1.29, 1.82) is 0 Å². The number of aryl methyl sites for hydroxylation is 1. The van der Waals surface area contributed by atoms with Crippen molar-refractivity contribution in [1.82, 2.24) is 0 Å². The standard InChI is InChI=1S/C16H19NO5/c1-9-6-7-10(15(19)20)8-13(9)17-14(18)11-4-2-3-5-12(11)16(21)22/h6-8,11-12H,2-5H2,1H3,(H,17,18)(H,19,20)(H,21,22)/t11-,12+/m0/s1. The van der Waals surface area contributed by atoms with Crippen molar-refractivity contribution in [2.75, 3.05) is 5.32 Å². The van der Waals surface area contributed by atoms with Crippen LogP contribution in [0.3, 0.4) is 0 Å². The molecule has 1 aromatic rings. The molecule has 0 spiro atoms. The highest BCUT2D eigenvalue weighted by Crippen LogP contribution is 2.31. The first-order valence-electron chi connectivity index (χ1n) is 7.27. The van der Waals surface area contributed by atoms with Crippen LogP contribution in [-0.2, 0) is 9.59 Å². The second-order valence-electron chi connectivity index (χ2n) is 5.66. The van der Waals surface area contributed by atoms with Gasteiger partial charge in [0, 0.05) is 5.69 Å². The van der Waals surface area contributed by atoms with Gasteiger partial charge in [-0.25, -0.2) is 4.79 Å². The van der Waals surface area contributed by atoms with Crippen LogP contribution in [0.15, 0.2) is 18.2 Å². The maximum absolute atomic E-state index is 12.4. The number of benzene rings is 1. The fraction of sp³-hybridized carbons (Fsp3) is 0.438. The number of amides is 1. The normalized spacial score (nSPS) is 21.1. The number of rotatable bonds is 4. The zero-order valence-corrected chi connectivity index (χ0v) is 12.3. The van der Waals surface area contributed by atoms with Gasteiger partial charge in [-0.1, -0.05) is 18.9 Å². The molecule has 3 N–H and O–H groups in total. The van der Waals surface area contributed by atoms with E-state index in [1.165, 1.54) is 12.1 Å². The Bertz CT molecular complexity index is 611. The third-order valence-electron chi connectivity index (χ3n) is 4.16. The average molecular weight is 305 g/mol. The molecule has 2 rings (SSSR count). The summed E-state index contributed by atoms with van der Waals surface area (Å²) in [5, 5.41) is 20.9. The van der Waals surface area contributed by atoms with Crippen LogP contribution in [0.5, 0.6) is 0 Å². The molecular formula is C16H19NO5. The lowest BCUT2D eigenvalue weighted by Crippen LogP contribution is -2.36. The lowest BCUT2D eigenvalue weighted by molar-refractivity contribution is -0.147. The molecule has 2 atom stereocenters. The molecule has 1 amide bonds. The minimum Gasteiger partial charge on any atom is -0.481 e. The maximum atomic E-state index is 12.4. The Morgan fingerprint density at radius 2 is 1.73 bits per heavy atom. The van der Waals surface area contributed by atoms with E-state index < -0.39 is 23.8 Å². The van der Waals surface area contributed by atoms with Crippen LogP contribution in [0.4, 0.5) is 5.69 Å². The van der Waals surface area contributed by atoms with Gasteiger partial charge in [0.25, 0.3) is 0 Å². The fourth-order valence-corrected chi connectivity index (χ4v) is 2.86. The predicted molar refractivity (Wildman–Crippen MR) is 79.9 cm³/mol.